The number of nitriles is 1. The molecular weight excluding hydrogens is 382 g/mol. The van der Waals surface area contributed by atoms with Crippen molar-refractivity contribution < 1.29 is 26.4 Å². The molecule has 2 N–H and O–H groups in total. The lowest BCUT2D eigenvalue weighted by Crippen LogP contribution is -2.12. The van der Waals surface area contributed by atoms with Crippen molar-refractivity contribution in [2.24, 2.45) is 0 Å². The topological polar surface area (TPSA) is 149 Å². The van der Waals surface area contributed by atoms with Gasteiger partial charge in [0, 0.05) is 24.4 Å². The predicted molar refractivity (Wildman–Crippen MR) is 92.5 cm³/mol. The molecule has 0 aliphatic heterocycles. The Morgan fingerprint density at radius 2 is 1.62 bits per heavy atom. The smallest absolute Gasteiger partial charge is 0.357 e. The van der Waals surface area contributed by atoms with E-state index in [-0.39, 0.29) is 32.4 Å². The highest BCUT2D eigenvalue weighted by Gasteiger charge is 2.24. The van der Waals surface area contributed by atoms with Crippen LogP contribution in [-0.2, 0) is 24.4 Å². The Morgan fingerprint density at radius 1 is 1.12 bits per heavy atom. The standard InChI is InChI=1S/C15H15N3O6S2/c1-24-15(19)14-13(17)9(7-16)8-18(14)10-4-11(25(2,20)21)6-12(5-10)26(3,22)23/h4-6,8H,17H2,1-3H3. The van der Waals surface area contributed by atoms with Gasteiger partial charge in [-0.2, -0.15) is 5.26 Å². The van der Waals surface area contributed by atoms with E-state index in [9.17, 15) is 21.6 Å². The first-order chi connectivity index (χ1) is 11.9. The number of aromatic nitrogens is 1. The van der Waals surface area contributed by atoms with Crippen molar-refractivity contribution in [3.8, 4) is 11.8 Å². The summed E-state index contributed by atoms with van der Waals surface area (Å²) in [5.74, 6) is -0.866. The number of carbonyl (C=O) groups is 1. The molecule has 0 unspecified atom stereocenters. The minimum absolute atomic E-state index is 0.0296. The fraction of sp³-hybridized carbons (Fsp3) is 0.200. The fourth-order valence-electron chi connectivity index (χ4n) is 2.24. The van der Waals surface area contributed by atoms with Crippen molar-refractivity contribution in [2.45, 2.75) is 9.79 Å². The molecule has 0 fully saturated rings. The van der Waals surface area contributed by atoms with Crippen LogP contribution >= 0.6 is 0 Å². The Kier molecular flexibility index (Phi) is 4.85. The van der Waals surface area contributed by atoms with Gasteiger partial charge >= 0.3 is 5.97 Å². The summed E-state index contributed by atoms with van der Waals surface area (Å²) in [6, 6.07) is 5.18. The molecule has 138 valence electrons. The number of hydrogen-bond acceptors (Lipinski definition) is 8. The predicted octanol–water partition coefficient (Wildman–Crippen LogP) is 0.525. The Bertz CT molecular complexity index is 1100. The summed E-state index contributed by atoms with van der Waals surface area (Å²) in [6.07, 6.45) is 3.04. The van der Waals surface area contributed by atoms with Crippen LogP contribution in [0.1, 0.15) is 16.1 Å². The summed E-state index contributed by atoms with van der Waals surface area (Å²) in [4.78, 5) is 11.5. The first kappa shape index (κ1) is 19.5. The normalized spacial score (nSPS) is 11.8. The number of nitrogens with zero attached hydrogens (tertiary/aromatic N) is 2. The minimum Gasteiger partial charge on any atom is -0.464 e. The number of benzene rings is 1. The van der Waals surface area contributed by atoms with Gasteiger partial charge in [-0.05, 0) is 18.2 Å². The molecule has 26 heavy (non-hydrogen) atoms. The van der Waals surface area contributed by atoms with E-state index in [0.717, 1.165) is 30.3 Å². The summed E-state index contributed by atoms with van der Waals surface area (Å²) in [5, 5.41) is 9.14. The van der Waals surface area contributed by atoms with Gasteiger partial charge in [-0.15, -0.1) is 0 Å². The zero-order valence-corrected chi connectivity index (χ0v) is 15.7. The van der Waals surface area contributed by atoms with Crippen LogP contribution in [0.5, 0.6) is 0 Å². The molecule has 11 heteroatoms. The van der Waals surface area contributed by atoms with Crippen LogP contribution in [0.25, 0.3) is 5.69 Å². The van der Waals surface area contributed by atoms with Crippen molar-refractivity contribution in [3.63, 3.8) is 0 Å². The number of rotatable bonds is 4. The monoisotopic (exact) mass is 397 g/mol. The molecule has 0 spiro atoms. The van der Waals surface area contributed by atoms with E-state index in [1.54, 1.807) is 6.07 Å². The SMILES string of the molecule is COC(=O)c1c(N)c(C#N)cn1-c1cc(S(C)(=O)=O)cc(S(C)(=O)=O)c1. The molecule has 0 amide bonds. The van der Waals surface area contributed by atoms with Gasteiger partial charge in [0.05, 0.1) is 28.2 Å². The molecule has 0 bridgehead atoms. The van der Waals surface area contributed by atoms with Crippen molar-refractivity contribution in [1.82, 2.24) is 4.57 Å². The van der Waals surface area contributed by atoms with Crippen molar-refractivity contribution in [3.05, 3.63) is 35.7 Å². The second-order valence-corrected chi connectivity index (χ2v) is 9.52. The largest absolute Gasteiger partial charge is 0.464 e. The van der Waals surface area contributed by atoms with Gasteiger partial charge in [-0.3, -0.25) is 0 Å². The third-order valence-electron chi connectivity index (χ3n) is 3.54. The Hall–Kier alpha value is -2.84. The number of nitrogen functional groups attached to an aromatic ring is 1. The average Bonchev–Trinajstić information content (AvgIpc) is 2.88. The van der Waals surface area contributed by atoms with Crippen molar-refractivity contribution >= 4 is 31.3 Å². The number of anilines is 1. The van der Waals surface area contributed by atoms with Crippen molar-refractivity contribution in [1.29, 1.82) is 5.26 Å². The zero-order valence-electron chi connectivity index (χ0n) is 14.0. The van der Waals surface area contributed by atoms with E-state index in [4.69, 9.17) is 11.0 Å². The molecule has 2 rings (SSSR count). The summed E-state index contributed by atoms with van der Waals surface area (Å²) < 4.78 is 53.5. The van der Waals surface area contributed by atoms with Crippen LogP contribution in [0.15, 0.2) is 34.2 Å². The van der Waals surface area contributed by atoms with E-state index in [2.05, 4.69) is 4.74 Å². The number of carbonyl (C=O) groups excluding carboxylic acids is 1. The minimum atomic E-state index is -3.75. The Morgan fingerprint density at radius 3 is 2.00 bits per heavy atom. The second kappa shape index (κ2) is 6.47. The molecule has 0 aliphatic rings. The lowest BCUT2D eigenvalue weighted by molar-refractivity contribution is 0.0593. The van der Waals surface area contributed by atoms with Gasteiger partial charge in [0.15, 0.2) is 25.4 Å². The Balaban J connectivity index is 2.94. The first-order valence-corrected chi connectivity index (χ1v) is 10.7. The van der Waals surface area contributed by atoms with Crippen LogP contribution in [0.2, 0.25) is 0 Å². The molecule has 9 nitrogen and oxygen atoms in total. The third kappa shape index (κ3) is 3.56. The Labute approximate surface area is 150 Å². The lowest BCUT2D eigenvalue weighted by atomic mass is 10.2. The van der Waals surface area contributed by atoms with E-state index >= 15 is 0 Å². The number of ether oxygens (including phenoxy) is 1. The molecule has 0 saturated carbocycles. The van der Waals surface area contributed by atoms with Crippen LogP contribution in [-0.4, -0.2) is 47.0 Å². The highest BCUT2D eigenvalue weighted by atomic mass is 32.2. The molecule has 1 heterocycles. The number of esters is 1. The highest BCUT2D eigenvalue weighted by molar-refractivity contribution is 7.91. The summed E-state index contributed by atoms with van der Waals surface area (Å²) >= 11 is 0. The molecule has 1 aromatic carbocycles. The molecule has 0 aliphatic carbocycles. The molecule has 0 saturated heterocycles. The molecule has 2 aromatic rings. The fourth-order valence-corrected chi connectivity index (χ4v) is 3.67. The quantitative estimate of drug-likeness (QED) is 0.734. The van der Waals surface area contributed by atoms with Crippen LogP contribution in [0.4, 0.5) is 5.69 Å². The van der Waals surface area contributed by atoms with Crippen LogP contribution < -0.4 is 5.73 Å². The van der Waals surface area contributed by atoms with E-state index < -0.39 is 25.6 Å². The van der Waals surface area contributed by atoms with Gasteiger partial charge in [0.1, 0.15) is 6.07 Å². The van der Waals surface area contributed by atoms with Gasteiger partial charge < -0.3 is 15.0 Å². The van der Waals surface area contributed by atoms with Gasteiger partial charge in [-0.25, -0.2) is 21.6 Å². The molecule has 0 atom stereocenters. The maximum Gasteiger partial charge on any atom is 0.357 e. The summed E-state index contributed by atoms with van der Waals surface area (Å²) in [5.41, 5.74) is 5.40. The molecule has 1 aromatic heterocycles. The van der Waals surface area contributed by atoms with E-state index in [1.165, 1.54) is 18.3 Å². The van der Waals surface area contributed by atoms with Gasteiger partial charge in [-0.1, -0.05) is 0 Å². The average molecular weight is 397 g/mol. The molecule has 0 radical (unpaired) electrons. The van der Waals surface area contributed by atoms with Crippen molar-refractivity contribution in [2.75, 3.05) is 25.4 Å². The summed E-state index contributed by atoms with van der Waals surface area (Å²) in [6.45, 7) is 0. The maximum atomic E-state index is 12.1. The van der Waals surface area contributed by atoms with Crippen LogP contribution in [0.3, 0.4) is 0 Å². The zero-order chi connectivity index (χ0) is 19.9. The van der Waals surface area contributed by atoms with Gasteiger partial charge in [0.25, 0.3) is 0 Å². The van der Waals surface area contributed by atoms with E-state index in [1.807, 2.05) is 0 Å². The number of nitrogens with two attached hydrogens (primary N) is 1. The van der Waals surface area contributed by atoms with E-state index in [0.29, 0.717) is 0 Å². The first-order valence-electron chi connectivity index (χ1n) is 6.95. The number of methoxy groups -OCH3 is 1. The van der Waals surface area contributed by atoms with Gasteiger partial charge in [0.2, 0.25) is 0 Å². The second-order valence-electron chi connectivity index (χ2n) is 5.49. The lowest BCUT2D eigenvalue weighted by Gasteiger charge is -2.12. The maximum absolute atomic E-state index is 12.1. The van der Waals surface area contributed by atoms with Crippen LogP contribution in [0, 0.1) is 11.3 Å². The number of hydrogen-bond donors (Lipinski definition) is 1. The summed E-state index contributed by atoms with van der Waals surface area (Å²) in [7, 11) is -6.40. The third-order valence-corrected chi connectivity index (χ3v) is 5.73. The highest BCUT2D eigenvalue weighted by Crippen LogP contribution is 2.28. The number of sulfone groups is 2. The molecular formula is C15H15N3O6S2.